The highest BCUT2D eigenvalue weighted by atomic mass is 35.5. The molecule has 0 heterocycles. The molecule has 0 aromatic rings. The first-order valence-corrected chi connectivity index (χ1v) is 2.90. The molecule has 0 aliphatic heterocycles. The lowest BCUT2D eigenvalue weighted by Crippen LogP contribution is -1.70. The van der Waals surface area contributed by atoms with Gasteiger partial charge in [0, 0.05) is 5.03 Å². The molecule has 0 radical (unpaired) electrons. The standard InChI is InChI=1S/C8H9Cl/c1-4-6-8(9)7(3)5-2/h4-6H,1-3H2/b8-6+. The first kappa shape index (κ1) is 8.25. The van der Waals surface area contributed by atoms with Gasteiger partial charge in [0.25, 0.3) is 0 Å². The van der Waals surface area contributed by atoms with Crippen molar-refractivity contribution in [1.82, 2.24) is 0 Å². The van der Waals surface area contributed by atoms with Crippen molar-refractivity contribution in [3.63, 3.8) is 0 Å². The Morgan fingerprint density at radius 2 is 1.89 bits per heavy atom. The van der Waals surface area contributed by atoms with Gasteiger partial charge in [0.2, 0.25) is 0 Å². The van der Waals surface area contributed by atoms with Crippen LogP contribution in [0.25, 0.3) is 0 Å². The molecule has 0 saturated carbocycles. The third-order valence-corrected chi connectivity index (χ3v) is 1.19. The average molecular weight is 141 g/mol. The molecule has 9 heavy (non-hydrogen) atoms. The van der Waals surface area contributed by atoms with E-state index < -0.39 is 0 Å². The lowest BCUT2D eigenvalue weighted by Gasteiger charge is -1.91. The molecule has 0 fully saturated rings. The number of hydrogen-bond donors (Lipinski definition) is 0. The number of halogens is 1. The van der Waals surface area contributed by atoms with Crippen molar-refractivity contribution in [2.45, 2.75) is 0 Å². The Morgan fingerprint density at radius 3 is 2.22 bits per heavy atom. The molecule has 0 nitrogen and oxygen atoms in total. The molecule has 0 atom stereocenters. The second-order valence-corrected chi connectivity index (χ2v) is 1.89. The van der Waals surface area contributed by atoms with Gasteiger partial charge in [0.1, 0.15) is 0 Å². The zero-order valence-corrected chi connectivity index (χ0v) is 5.99. The van der Waals surface area contributed by atoms with Crippen LogP contribution >= 0.6 is 11.6 Å². The zero-order valence-electron chi connectivity index (χ0n) is 5.23. The van der Waals surface area contributed by atoms with E-state index in [0.29, 0.717) is 5.03 Å². The van der Waals surface area contributed by atoms with Crippen molar-refractivity contribution < 1.29 is 0 Å². The fourth-order valence-electron chi connectivity index (χ4n) is 0.308. The minimum Gasteiger partial charge on any atom is -0.0990 e. The van der Waals surface area contributed by atoms with Crippen LogP contribution in [0.15, 0.2) is 48.6 Å². The van der Waals surface area contributed by atoms with E-state index >= 15 is 0 Å². The lowest BCUT2D eigenvalue weighted by atomic mass is 10.3. The molecule has 0 aliphatic carbocycles. The predicted molar refractivity (Wildman–Crippen MR) is 43.5 cm³/mol. The Balaban J connectivity index is 4.18. The van der Waals surface area contributed by atoms with E-state index in [1.165, 1.54) is 0 Å². The third kappa shape index (κ3) is 2.94. The summed E-state index contributed by atoms with van der Waals surface area (Å²) in [5.41, 5.74) is 0.719. The summed E-state index contributed by atoms with van der Waals surface area (Å²) < 4.78 is 0. The molecule has 0 rings (SSSR count). The van der Waals surface area contributed by atoms with Gasteiger partial charge in [-0.2, -0.15) is 0 Å². The molecule has 0 aromatic heterocycles. The van der Waals surface area contributed by atoms with Gasteiger partial charge in [-0.25, -0.2) is 0 Å². The fourth-order valence-corrected chi connectivity index (χ4v) is 0.474. The Morgan fingerprint density at radius 1 is 1.33 bits per heavy atom. The summed E-state index contributed by atoms with van der Waals surface area (Å²) in [7, 11) is 0. The van der Waals surface area contributed by atoms with E-state index in [0.717, 1.165) is 5.57 Å². The maximum absolute atomic E-state index is 5.65. The Labute approximate surface area is 60.8 Å². The van der Waals surface area contributed by atoms with Gasteiger partial charge >= 0.3 is 0 Å². The average Bonchev–Trinajstić information content (AvgIpc) is 1.87. The molecular weight excluding hydrogens is 132 g/mol. The van der Waals surface area contributed by atoms with Crippen molar-refractivity contribution >= 4 is 11.6 Å². The normalized spacial score (nSPS) is 10.6. The predicted octanol–water partition coefficient (Wildman–Crippen LogP) is 3.04. The van der Waals surface area contributed by atoms with Gasteiger partial charge in [-0.15, -0.1) is 0 Å². The maximum atomic E-state index is 5.65. The van der Waals surface area contributed by atoms with Gasteiger partial charge in [-0.05, 0) is 11.6 Å². The van der Waals surface area contributed by atoms with Crippen LogP contribution in [-0.4, -0.2) is 0 Å². The maximum Gasteiger partial charge on any atom is 0.0471 e. The third-order valence-electron chi connectivity index (χ3n) is 0.817. The summed E-state index contributed by atoms with van der Waals surface area (Å²) in [6.07, 6.45) is 4.88. The van der Waals surface area contributed by atoms with E-state index in [1.807, 2.05) is 0 Å². The smallest absolute Gasteiger partial charge is 0.0471 e. The van der Waals surface area contributed by atoms with Gasteiger partial charge in [-0.3, -0.25) is 0 Å². The van der Waals surface area contributed by atoms with Crippen LogP contribution in [0, 0.1) is 0 Å². The van der Waals surface area contributed by atoms with Crippen LogP contribution in [-0.2, 0) is 0 Å². The largest absolute Gasteiger partial charge is 0.0990 e. The second kappa shape index (κ2) is 4.16. The Bertz CT molecular complexity index is 163. The molecule has 0 aromatic carbocycles. The van der Waals surface area contributed by atoms with Gasteiger partial charge < -0.3 is 0 Å². The van der Waals surface area contributed by atoms with E-state index in [4.69, 9.17) is 11.6 Å². The summed E-state index contributed by atoms with van der Waals surface area (Å²) in [5.74, 6) is 0. The van der Waals surface area contributed by atoms with Crippen LogP contribution in [0.2, 0.25) is 0 Å². The van der Waals surface area contributed by atoms with Crippen molar-refractivity contribution in [2.24, 2.45) is 0 Å². The van der Waals surface area contributed by atoms with E-state index in [-0.39, 0.29) is 0 Å². The van der Waals surface area contributed by atoms with Crippen LogP contribution in [0.5, 0.6) is 0 Å². The van der Waals surface area contributed by atoms with Crippen LogP contribution < -0.4 is 0 Å². The molecule has 48 valence electrons. The van der Waals surface area contributed by atoms with E-state index in [1.54, 1.807) is 18.2 Å². The van der Waals surface area contributed by atoms with E-state index in [2.05, 4.69) is 19.7 Å². The zero-order chi connectivity index (χ0) is 7.28. The molecule has 0 aliphatic rings. The quantitative estimate of drug-likeness (QED) is 0.529. The van der Waals surface area contributed by atoms with Crippen LogP contribution in [0.4, 0.5) is 0 Å². The van der Waals surface area contributed by atoms with Gasteiger partial charge in [0.05, 0.1) is 0 Å². The Kier molecular flexibility index (Phi) is 3.81. The molecule has 0 bridgehead atoms. The van der Waals surface area contributed by atoms with Crippen molar-refractivity contribution in [3.05, 3.63) is 48.6 Å². The lowest BCUT2D eigenvalue weighted by molar-refractivity contribution is 1.70. The van der Waals surface area contributed by atoms with Crippen LogP contribution in [0.1, 0.15) is 0 Å². The first-order chi connectivity index (χ1) is 4.22. The summed E-state index contributed by atoms with van der Waals surface area (Å²) in [6.45, 7) is 10.6. The molecule has 1 heteroatoms. The summed E-state index contributed by atoms with van der Waals surface area (Å²) >= 11 is 5.65. The molecule has 0 unspecified atom stereocenters. The highest BCUT2D eigenvalue weighted by Gasteiger charge is 1.89. The topological polar surface area (TPSA) is 0 Å². The number of hydrogen-bond acceptors (Lipinski definition) is 0. The SMILES string of the molecule is C=C/C=C(/Cl)C(=C)C=C. The fraction of sp³-hybridized carbons (Fsp3) is 0. The first-order valence-electron chi connectivity index (χ1n) is 2.52. The molecular formula is C8H9Cl. The number of allylic oxidation sites excluding steroid dienone is 5. The number of rotatable bonds is 3. The minimum atomic E-state index is 0.583. The highest BCUT2D eigenvalue weighted by molar-refractivity contribution is 6.32. The summed E-state index contributed by atoms with van der Waals surface area (Å²) in [5, 5.41) is 0.583. The second-order valence-electron chi connectivity index (χ2n) is 1.48. The minimum absolute atomic E-state index is 0.583. The van der Waals surface area contributed by atoms with E-state index in [9.17, 15) is 0 Å². The van der Waals surface area contributed by atoms with Crippen LogP contribution in [0.3, 0.4) is 0 Å². The summed E-state index contributed by atoms with van der Waals surface area (Å²) in [4.78, 5) is 0. The highest BCUT2D eigenvalue weighted by Crippen LogP contribution is 2.12. The monoisotopic (exact) mass is 140 g/mol. The molecule has 0 spiro atoms. The summed E-state index contributed by atoms with van der Waals surface area (Å²) in [6, 6.07) is 0. The van der Waals surface area contributed by atoms with Gasteiger partial charge in [0.15, 0.2) is 0 Å². The molecule has 0 saturated heterocycles. The van der Waals surface area contributed by atoms with Gasteiger partial charge in [-0.1, -0.05) is 43.5 Å². The molecule has 0 amide bonds. The Hall–Kier alpha value is -0.750. The van der Waals surface area contributed by atoms with Crippen molar-refractivity contribution in [2.75, 3.05) is 0 Å². The van der Waals surface area contributed by atoms with Crippen molar-refractivity contribution in [1.29, 1.82) is 0 Å². The van der Waals surface area contributed by atoms with Crippen molar-refractivity contribution in [3.8, 4) is 0 Å². The molecule has 0 N–H and O–H groups in total.